The number of carbonyl (C=O) groups excluding carboxylic acids is 1. The van der Waals surface area contributed by atoms with E-state index in [1.165, 1.54) is 0 Å². The summed E-state index contributed by atoms with van der Waals surface area (Å²) in [6.07, 6.45) is 2.56. The summed E-state index contributed by atoms with van der Waals surface area (Å²) >= 11 is 8.03. The summed E-state index contributed by atoms with van der Waals surface area (Å²) < 4.78 is 0. The molecule has 1 amide bonds. The van der Waals surface area contributed by atoms with Gasteiger partial charge in [-0.05, 0) is 18.6 Å². The third-order valence-corrected chi connectivity index (χ3v) is 1.79. The van der Waals surface area contributed by atoms with E-state index in [1.807, 2.05) is 0 Å². The molecule has 1 N–H and O–H groups in total. The van der Waals surface area contributed by atoms with E-state index in [2.05, 4.69) is 30.6 Å². The van der Waals surface area contributed by atoms with E-state index >= 15 is 0 Å². The lowest BCUT2D eigenvalue weighted by Gasteiger charge is -2.01. The number of hydrogen-bond acceptors (Lipinski definition) is 3. The van der Waals surface area contributed by atoms with Crippen LogP contribution in [0.25, 0.3) is 0 Å². The molecule has 0 atom stereocenters. The van der Waals surface area contributed by atoms with Crippen LogP contribution < -0.4 is 5.32 Å². The van der Waals surface area contributed by atoms with Crippen LogP contribution in [0.2, 0.25) is 0 Å². The highest BCUT2D eigenvalue weighted by molar-refractivity contribution is 7.80. The number of unbranched alkanes of at least 4 members (excludes halogenated alkanes) is 1. The van der Waals surface area contributed by atoms with Crippen molar-refractivity contribution in [3.63, 3.8) is 0 Å². The SMILES string of the molecule is O=C(CCCCS)NCCS. The second kappa shape index (κ2) is 8.27. The maximum absolute atomic E-state index is 10.9. The molecule has 2 nitrogen and oxygen atoms in total. The Hall–Kier alpha value is 0.170. The largest absolute Gasteiger partial charge is 0.355 e. The van der Waals surface area contributed by atoms with Gasteiger partial charge >= 0.3 is 0 Å². The van der Waals surface area contributed by atoms with Gasteiger partial charge in [0, 0.05) is 18.7 Å². The highest BCUT2D eigenvalue weighted by Crippen LogP contribution is 1.96. The number of hydrogen-bond donors (Lipinski definition) is 3. The van der Waals surface area contributed by atoms with Gasteiger partial charge in [-0.3, -0.25) is 4.79 Å². The third-order valence-electron chi connectivity index (χ3n) is 1.25. The van der Waals surface area contributed by atoms with Gasteiger partial charge in [-0.2, -0.15) is 25.3 Å². The first-order valence-corrected chi connectivity index (χ1v) is 5.06. The molecular weight excluding hydrogens is 178 g/mol. The fourth-order valence-electron chi connectivity index (χ4n) is 0.681. The zero-order chi connectivity index (χ0) is 8.53. The number of nitrogens with one attached hydrogen (secondary N) is 1. The molecule has 0 aliphatic rings. The topological polar surface area (TPSA) is 29.1 Å². The Morgan fingerprint density at radius 3 is 2.45 bits per heavy atom. The van der Waals surface area contributed by atoms with Crippen LogP contribution in [0.15, 0.2) is 0 Å². The summed E-state index contributed by atoms with van der Waals surface area (Å²) in [5, 5.41) is 2.75. The standard InChI is InChI=1S/C7H15NOS2/c9-7(8-4-6-11)3-1-2-5-10/h10-11H,1-6H2,(H,8,9). The zero-order valence-corrected chi connectivity index (χ0v) is 8.33. The van der Waals surface area contributed by atoms with E-state index in [4.69, 9.17) is 0 Å². The first-order chi connectivity index (χ1) is 5.31. The molecule has 0 unspecified atom stereocenters. The summed E-state index contributed by atoms with van der Waals surface area (Å²) in [4.78, 5) is 10.9. The Kier molecular flexibility index (Phi) is 8.40. The predicted octanol–water partition coefficient (Wildman–Crippen LogP) is 1.13. The van der Waals surface area contributed by atoms with Crippen molar-refractivity contribution >= 4 is 31.2 Å². The van der Waals surface area contributed by atoms with Crippen LogP contribution >= 0.6 is 25.3 Å². The summed E-state index contributed by atoms with van der Waals surface area (Å²) in [7, 11) is 0. The van der Waals surface area contributed by atoms with Crippen molar-refractivity contribution in [3.8, 4) is 0 Å². The quantitative estimate of drug-likeness (QED) is 0.428. The van der Waals surface area contributed by atoms with Gasteiger partial charge in [0.15, 0.2) is 0 Å². The molecule has 0 aliphatic heterocycles. The van der Waals surface area contributed by atoms with Gasteiger partial charge in [0.25, 0.3) is 0 Å². The maximum Gasteiger partial charge on any atom is 0.220 e. The van der Waals surface area contributed by atoms with Gasteiger partial charge in [0.2, 0.25) is 5.91 Å². The van der Waals surface area contributed by atoms with Gasteiger partial charge in [0.05, 0.1) is 0 Å². The van der Waals surface area contributed by atoms with Crippen LogP contribution in [0.5, 0.6) is 0 Å². The van der Waals surface area contributed by atoms with Crippen molar-refractivity contribution < 1.29 is 4.79 Å². The first-order valence-electron chi connectivity index (χ1n) is 3.79. The molecule has 0 heterocycles. The monoisotopic (exact) mass is 193 g/mol. The van der Waals surface area contributed by atoms with Gasteiger partial charge < -0.3 is 5.32 Å². The van der Waals surface area contributed by atoms with E-state index < -0.39 is 0 Å². The van der Waals surface area contributed by atoms with Crippen molar-refractivity contribution in [2.24, 2.45) is 0 Å². The average molecular weight is 193 g/mol. The normalized spacial score (nSPS) is 9.64. The lowest BCUT2D eigenvalue weighted by molar-refractivity contribution is -0.121. The molecule has 0 saturated heterocycles. The Labute approximate surface area is 79.0 Å². The fourth-order valence-corrected chi connectivity index (χ4v) is 1.02. The van der Waals surface area contributed by atoms with Crippen LogP contribution in [-0.2, 0) is 4.79 Å². The lowest BCUT2D eigenvalue weighted by Crippen LogP contribution is -2.24. The zero-order valence-electron chi connectivity index (χ0n) is 6.55. The van der Waals surface area contributed by atoms with Crippen LogP contribution in [0.4, 0.5) is 0 Å². The smallest absolute Gasteiger partial charge is 0.220 e. The van der Waals surface area contributed by atoms with Crippen molar-refractivity contribution in [2.45, 2.75) is 19.3 Å². The molecule has 0 aliphatic carbocycles. The number of rotatable bonds is 6. The minimum Gasteiger partial charge on any atom is -0.355 e. The average Bonchev–Trinajstić information content (AvgIpc) is 2.01. The molecule has 0 aromatic carbocycles. The maximum atomic E-state index is 10.9. The molecule has 0 aromatic rings. The van der Waals surface area contributed by atoms with Gasteiger partial charge in [0.1, 0.15) is 0 Å². The lowest BCUT2D eigenvalue weighted by atomic mass is 10.2. The van der Waals surface area contributed by atoms with E-state index in [-0.39, 0.29) is 5.91 Å². The molecule has 11 heavy (non-hydrogen) atoms. The predicted molar refractivity (Wildman–Crippen MR) is 54.6 cm³/mol. The van der Waals surface area contributed by atoms with Crippen molar-refractivity contribution in [1.29, 1.82) is 0 Å². The fraction of sp³-hybridized carbons (Fsp3) is 0.857. The Balaban J connectivity index is 3.09. The molecule has 0 bridgehead atoms. The molecule has 0 radical (unpaired) electrons. The molecule has 66 valence electrons. The van der Waals surface area contributed by atoms with Crippen LogP contribution in [0.1, 0.15) is 19.3 Å². The van der Waals surface area contributed by atoms with Gasteiger partial charge in [-0.1, -0.05) is 0 Å². The van der Waals surface area contributed by atoms with E-state index in [9.17, 15) is 4.79 Å². The van der Waals surface area contributed by atoms with E-state index in [1.54, 1.807) is 0 Å². The van der Waals surface area contributed by atoms with Crippen LogP contribution in [0.3, 0.4) is 0 Å². The Morgan fingerprint density at radius 2 is 1.91 bits per heavy atom. The summed E-state index contributed by atoms with van der Waals surface area (Å²) in [6.45, 7) is 0.669. The van der Waals surface area contributed by atoms with Gasteiger partial charge in [-0.15, -0.1) is 0 Å². The highest BCUT2D eigenvalue weighted by atomic mass is 32.1. The summed E-state index contributed by atoms with van der Waals surface area (Å²) in [5.41, 5.74) is 0. The summed E-state index contributed by atoms with van der Waals surface area (Å²) in [5.74, 6) is 1.69. The van der Waals surface area contributed by atoms with Gasteiger partial charge in [-0.25, -0.2) is 0 Å². The number of amides is 1. The summed E-state index contributed by atoms with van der Waals surface area (Å²) in [6, 6.07) is 0. The van der Waals surface area contributed by atoms with E-state index in [0.29, 0.717) is 18.7 Å². The van der Waals surface area contributed by atoms with Crippen LogP contribution in [-0.4, -0.2) is 24.0 Å². The second-order valence-electron chi connectivity index (χ2n) is 2.25. The van der Waals surface area contributed by atoms with Crippen LogP contribution in [0, 0.1) is 0 Å². The number of carbonyl (C=O) groups is 1. The second-order valence-corrected chi connectivity index (χ2v) is 3.15. The first kappa shape index (κ1) is 11.2. The minimum atomic E-state index is 0.126. The van der Waals surface area contributed by atoms with E-state index in [0.717, 1.165) is 18.6 Å². The molecule has 0 rings (SSSR count). The molecule has 0 saturated carbocycles. The van der Waals surface area contributed by atoms with Crippen molar-refractivity contribution in [1.82, 2.24) is 5.32 Å². The Bertz CT molecular complexity index is 109. The third kappa shape index (κ3) is 8.07. The highest BCUT2D eigenvalue weighted by Gasteiger charge is 1.97. The molecule has 0 spiro atoms. The van der Waals surface area contributed by atoms with Crippen molar-refractivity contribution in [2.75, 3.05) is 18.1 Å². The molecule has 0 aromatic heterocycles. The number of thiol groups is 2. The molecular formula is C7H15NOS2. The molecule has 0 fully saturated rings. The Morgan fingerprint density at radius 1 is 1.18 bits per heavy atom. The molecule has 4 heteroatoms. The van der Waals surface area contributed by atoms with Crippen molar-refractivity contribution in [3.05, 3.63) is 0 Å². The minimum absolute atomic E-state index is 0.126.